The quantitative estimate of drug-likeness (QED) is 0.310. The van der Waals surface area contributed by atoms with Gasteiger partial charge < -0.3 is 10.4 Å². The molecule has 172 valence electrons. The zero-order valence-corrected chi connectivity index (χ0v) is 20.2. The number of halogens is 1. The van der Waals surface area contributed by atoms with Gasteiger partial charge in [0, 0.05) is 46.2 Å². The SMILES string of the molecule is Cc1c(-c2ccccc2)nc2ccc(Br)cc2c1C(=O)NCC(CCC(=O)O)c1ccccn1. The van der Waals surface area contributed by atoms with Crippen LogP contribution in [0, 0.1) is 6.92 Å². The van der Waals surface area contributed by atoms with Crippen LogP contribution in [0.1, 0.15) is 40.4 Å². The Labute approximate surface area is 206 Å². The number of aromatic nitrogens is 2. The van der Waals surface area contributed by atoms with Crippen LogP contribution in [-0.4, -0.2) is 33.5 Å². The van der Waals surface area contributed by atoms with Gasteiger partial charge in [-0.25, -0.2) is 4.98 Å². The third-order valence-electron chi connectivity index (χ3n) is 5.79. The fourth-order valence-corrected chi connectivity index (χ4v) is 4.44. The standard InChI is InChI=1S/C27H24BrN3O3/c1-17-25(27(34)30-16-19(10-13-24(32)33)22-9-5-6-14-29-22)21-15-20(28)11-12-23(21)31-26(17)18-7-3-2-4-8-18/h2-9,11-12,14-15,19H,10,13,16H2,1H3,(H,30,34)(H,32,33). The van der Waals surface area contributed by atoms with Gasteiger partial charge in [-0.2, -0.15) is 0 Å². The van der Waals surface area contributed by atoms with Crippen molar-refractivity contribution in [2.24, 2.45) is 0 Å². The summed E-state index contributed by atoms with van der Waals surface area (Å²) < 4.78 is 0.857. The van der Waals surface area contributed by atoms with Gasteiger partial charge in [-0.15, -0.1) is 0 Å². The minimum Gasteiger partial charge on any atom is -0.481 e. The van der Waals surface area contributed by atoms with Gasteiger partial charge in [0.15, 0.2) is 0 Å². The predicted octanol–water partition coefficient (Wildman–Crippen LogP) is 5.75. The van der Waals surface area contributed by atoms with E-state index >= 15 is 0 Å². The second-order valence-electron chi connectivity index (χ2n) is 8.08. The number of benzene rings is 2. The first-order valence-corrected chi connectivity index (χ1v) is 11.8. The zero-order valence-electron chi connectivity index (χ0n) is 18.7. The zero-order chi connectivity index (χ0) is 24.1. The second-order valence-corrected chi connectivity index (χ2v) is 9.00. The van der Waals surface area contributed by atoms with Crippen molar-refractivity contribution >= 4 is 38.7 Å². The van der Waals surface area contributed by atoms with E-state index in [1.165, 1.54) is 0 Å². The second kappa shape index (κ2) is 10.6. The summed E-state index contributed by atoms with van der Waals surface area (Å²) in [4.78, 5) is 34.0. The molecule has 2 N–H and O–H groups in total. The number of carbonyl (C=O) groups excluding carboxylic acids is 1. The van der Waals surface area contributed by atoms with Crippen LogP contribution in [0.4, 0.5) is 0 Å². The van der Waals surface area contributed by atoms with Crippen LogP contribution in [0.15, 0.2) is 77.4 Å². The lowest BCUT2D eigenvalue weighted by atomic mass is 9.96. The molecule has 1 amide bonds. The molecule has 0 saturated carbocycles. The highest BCUT2D eigenvalue weighted by Gasteiger charge is 2.21. The van der Waals surface area contributed by atoms with E-state index in [1.54, 1.807) is 6.20 Å². The summed E-state index contributed by atoms with van der Waals surface area (Å²) in [5.74, 6) is -1.31. The number of carbonyl (C=O) groups is 2. The fraction of sp³-hybridized carbons (Fsp3) is 0.185. The van der Waals surface area contributed by atoms with Crippen molar-refractivity contribution in [3.05, 3.63) is 94.2 Å². The summed E-state index contributed by atoms with van der Waals surface area (Å²) >= 11 is 3.51. The van der Waals surface area contributed by atoms with E-state index in [0.29, 0.717) is 12.0 Å². The molecule has 0 spiro atoms. The number of hydrogen-bond donors (Lipinski definition) is 2. The Hall–Kier alpha value is -3.58. The third kappa shape index (κ3) is 5.31. The Bertz CT molecular complexity index is 1330. The number of aliphatic carboxylic acids is 1. The number of carboxylic acids is 1. The molecule has 0 saturated heterocycles. The average Bonchev–Trinajstić information content (AvgIpc) is 2.84. The van der Waals surface area contributed by atoms with Crippen LogP contribution in [0.25, 0.3) is 22.2 Å². The number of hydrogen-bond acceptors (Lipinski definition) is 4. The van der Waals surface area contributed by atoms with Gasteiger partial charge in [0.1, 0.15) is 0 Å². The molecule has 34 heavy (non-hydrogen) atoms. The molecule has 2 heterocycles. The number of nitrogens with zero attached hydrogens (tertiary/aromatic N) is 2. The van der Waals surface area contributed by atoms with Gasteiger partial charge in [0.2, 0.25) is 0 Å². The first kappa shape index (κ1) is 23.6. The van der Waals surface area contributed by atoms with E-state index < -0.39 is 5.97 Å². The molecular formula is C27H24BrN3O3. The van der Waals surface area contributed by atoms with E-state index in [1.807, 2.05) is 73.7 Å². The van der Waals surface area contributed by atoms with E-state index in [-0.39, 0.29) is 24.8 Å². The average molecular weight is 518 g/mol. The van der Waals surface area contributed by atoms with Crippen LogP contribution < -0.4 is 5.32 Å². The molecule has 0 aliphatic rings. The van der Waals surface area contributed by atoms with Gasteiger partial charge >= 0.3 is 5.97 Å². The lowest BCUT2D eigenvalue weighted by Gasteiger charge is -2.19. The van der Waals surface area contributed by atoms with Crippen LogP contribution in [0.5, 0.6) is 0 Å². The summed E-state index contributed by atoms with van der Waals surface area (Å²) in [5.41, 5.74) is 4.52. The Balaban J connectivity index is 1.70. The molecule has 0 fully saturated rings. The van der Waals surface area contributed by atoms with Crippen molar-refractivity contribution in [1.82, 2.24) is 15.3 Å². The van der Waals surface area contributed by atoms with Crippen LogP contribution in [0.2, 0.25) is 0 Å². The Morgan fingerprint density at radius 2 is 1.82 bits per heavy atom. The molecule has 0 aliphatic carbocycles. The molecule has 7 heteroatoms. The Morgan fingerprint density at radius 3 is 2.53 bits per heavy atom. The topological polar surface area (TPSA) is 92.2 Å². The van der Waals surface area contributed by atoms with Crippen molar-refractivity contribution < 1.29 is 14.7 Å². The summed E-state index contributed by atoms with van der Waals surface area (Å²) in [6.45, 7) is 2.19. The van der Waals surface area contributed by atoms with Crippen molar-refractivity contribution in [2.45, 2.75) is 25.7 Å². The molecule has 1 unspecified atom stereocenters. The van der Waals surface area contributed by atoms with Crippen LogP contribution >= 0.6 is 15.9 Å². The fourth-order valence-electron chi connectivity index (χ4n) is 4.07. The summed E-state index contributed by atoms with van der Waals surface area (Å²) in [5, 5.41) is 13.0. The predicted molar refractivity (Wildman–Crippen MR) is 136 cm³/mol. The highest BCUT2D eigenvalue weighted by Crippen LogP contribution is 2.31. The summed E-state index contributed by atoms with van der Waals surface area (Å²) in [6, 6.07) is 21.0. The first-order valence-electron chi connectivity index (χ1n) is 11.0. The highest BCUT2D eigenvalue weighted by molar-refractivity contribution is 9.10. The molecule has 1 atom stereocenters. The minimum absolute atomic E-state index is 0.000567. The van der Waals surface area contributed by atoms with Crippen LogP contribution in [0.3, 0.4) is 0 Å². The maximum atomic E-state index is 13.6. The Kier molecular flexibility index (Phi) is 7.33. The van der Waals surface area contributed by atoms with E-state index in [9.17, 15) is 9.59 Å². The number of fused-ring (bicyclic) bond motifs is 1. The van der Waals surface area contributed by atoms with Crippen molar-refractivity contribution in [3.8, 4) is 11.3 Å². The van der Waals surface area contributed by atoms with Crippen molar-refractivity contribution in [3.63, 3.8) is 0 Å². The maximum absolute atomic E-state index is 13.6. The number of carboxylic acid groups (broad SMARTS) is 1. The first-order chi connectivity index (χ1) is 16.4. The number of nitrogens with one attached hydrogen (secondary N) is 1. The monoisotopic (exact) mass is 517 g/mol. The number of rotatable bonds is 8. The highest BCUT2D eigenvalue weighted by atomic mass is 79.9. The molecule has 0 bridgehead atoms. The lowest BCUT2D eigenvalue weighted by Crippen LogP contribution is -2.30. The van der Waals surface area contributed by atoms with Gasteiger partial charge in [-0.1, -0.05) is 52.3 Å². The molecule has 0 aliphatic heterocycles. The van der Waals surface area contributed by atoms with E-state index in [0.717, 1.165) is 37.9 Å². The maximum Gasteiger partial charge on any atom is 0.303 e. The normalized spacial score (nSPS) is 11.8. The lowest BCUT2D eigenvalue weighted by molar-refractivity contribution is -0.137. The van der Waals surface area contributed by atoms with Gasteiger partial charge in [-0.05, 0) is 49.2 Å². The molecule has 2 aromatic carbocycles. The van der Waals surface area contributed by atoms with Crippen molar-refractivity contribution in [1.29, 1.82) is 0 Å². The summed E-state index contributed by atoms with van der Waals surface area (Å²) in [7, 11) is 0. The smallest absolute Gasteiger partial charge is 0.303 e. The minimum atomic E-state index is -0.874. The van der Waals surface area contributed by atoms with E-state index in [4.69, 9.17) is 10.1 Å². The molecule has 6 nitrogen and oxygen atoms in total. The third-order valence-corrected chi connectivity index (χ3v) is 6.28. The molecule has 4 aromatic rings. The van der Waals surface area contributed by atoms with E-state index in [2.05, 4.69) is 26.2 Å². The van der Waals surface area contributed by atoms with Gasteiger partial charge in [0.25, 0.3) is 5.91 Å². The number of amides is 1. The molecular weight excluding hydrogens is 494 g/mol. The summed E-state index contributed by atoms with van der Waals surface area (Å²) in [6.07, 6.45) is 2.05. The largest absolute Gasteiger partial charge is 0.481 e. The number of pyridine rings is 2. The molecule has 0 radical (unpaired) electrons. The van der Waals surface area contributed by atoms with Gasteiger partial charge in [-0.3, -0.25) is 14.6 Å². The molecule has 2 aromatic heterocycles. The molecule has 4 rings (SSSR count). The Morgan fingerprint density at radius 1 is 1.06 bits per heavy atom. The van der Waals surface area contributed by atoms with Crippen molar-refractivity contribution in [2.75, 3.05) is 6.54 Å². The van der Waals surface area contributed by atoms with Crippen LogP contribution in [-0.2, 0) is 4.79 Å². The van der Waals surface area contributed by atoms with Gasteiger partial charge in [0.05, 0.1) is 16.8 Å².